The molecule has 1 unspecified atom stereocenters. The third kappa shape index (κ3) is 9.17. The number of nitrogens with zero attached hydrogens (tertiary/aromatic N) is 1. The van der Waals surface area contributed by atoms with Crippen LogP contribution in [0.1, 0.15) is 57.6 Å². The number of halogens is 1. The number of sulfonamides is 1. The van der Waals surface area contributed by atoms with Gasteiger partial charge in [0.15, 0.2) is 0 Å². The minimum absolute atomic E-state index is 0.00255. The van der Waals surface area contributed by atoms with Crippen molar-refractivity contribution < 1.29 is 32.3 Å². The molecule has 234 valence electrons. The Kier molecular flexibility index (Phi) is 10.7. The lowest BCUT2D eigenvalue weighted by Gasteiger charge is -2.35. The van der Waals surface area contributed by atoms with Crippen LogP contribution in [0.3, 0.4) is 0 Å². The standard InChI is InChI=1S/C31H40ClN3O7S/c1-21(36)41-14-11-22-9-12-35(13-10-22)30(38)26(17-28(37)42-19-23-7-5-4-6-8-23)34-43(39,40)27-16-25(32)15-24-18-31(2,3)20-33-29(24)27/h4-8,15-16,22,26,33-34H,9-14,17-20H2,1-3H3. The molecule has 2 aliphatic rings. The molecule has 43 heavy (non-hydrogen) atoms. The van der Waals surface area contributed by atoms with Crippen LogP contribution in [0.25, 0.3) is 0 Å². The zero-order chi connectivity index (χ0) is 31.2. The monoisotopic (exact) mass is 633 g/mol. The van der Waals surface area contributed by atoms with Gasteiger partial charge in [0, 0.05) is 31.6 Å². The number of fused-ring (bicyclic) bond motifs is 1. The zero-order valence-electron chi connectivity index (χ0n) is 24.9. The quantitative estimate of drug-likeness (QED) is 0.350. The maximum Gasteiger partial charge on any atom is 0.308 e. The second-order valence-corrected chi connectivity index (χ2v) is 14.2. The first-order valence-corrected chi connectivity index (χ1v) is 16.4. The molecule has 1 fully saturated rings. The van der Waals surface area contributed by atoms with E-state index in [2.05, 4.69) is 23.9 Å². The van der Waals surface area contributed by atoms with E-state index in [1.54, 1.807) is 23.1 Å². The Morgan fingerprint density at radius 2 is 1.81 bits per heavy atom. The van der Waals surface area contributed by atoms with Crippen LogP contribution < -0.4 is 10.0 Å². The lowest BCUT2D eigenvalue weighted by Crippen LogP contribution is -2.51. The summed E-state index contributed by atoms with van der Waals surface area (Å²) < 4.78 is 40.6. The average molecular weight is 634 g/mol. The molecule has 1 amide bonds. The minimum Gasteiger partial charge on any atom is -0.466 e. The summed E-state index contributed by atoms with van der Waals surface area (Å²) in [5, 5.41) is 3.50. The normalized spacial score (nSPS) is 17.3. The summed E-state index contributed by atoms with van der Waals surface area (Å²) in [4.78, 5) is 39.3. The number of rotatable bonds is 11. The number of likely N-dealkylation sites (tertiary alicyclic amines) is 1. The van der Waals surface area contributed by atoms with E-state index in [9.17, 15) is 22.8 Å². The molecule has 2 heterocycles. The number of nitrogens with one attached hydrogen (secondary N) is 2. The number of esters is 2. The summed E-state index contributed by atoms with van der Waals surface area (Å²) in [6.07, 6.45) is 2.19. The molecule has 2 N–H and O–H groups in total. The van der Waals surface area contributed by atoms with Crippen LogP contribution in [0, 0.1) is 11.3 Å². The lowest BCUT2D eigenvalue weighted by molar-refractivity contribution is -0.148. The summed E-state index contributed by atoms with van der Waals surface area (Å²) in [5.41, 5.74) is 1.89. The molecule has 1 atom stereocenters. The van der Waals surface area contributed by atoms with E-state index >= 15 is 0 Å². The molecule has 1 saturated heterocycles. The third-order valence-corrected chi connectivity index (χ3v) is 9.53. The van der Waals surface area contributed by atoms with Crippen LogP contribution >= 0.6 is 11.6 Å². The molecule has 0 aliphatic carbocycles. The zero-order valence-corrected chi connectivity index (χ0v) is 26.4. The van der Waals surface area contributed by atoms with Crippen LogP contribution in [-0.2, 0) is 46.9 Å². The minimum atomic E-state index is -4.29. The van der Waals surface area contributed by atoms with E-state index in [0.717, 1.165) is 11.1 Å². The molecular formula is C31H40ClN3O7S. The molecule has 4 rings (SSSR count). The van der Waals surface area contributed by atoms with Crippen molar-refractivity contribution in [3.63, 3.8) is 0 Å². The van der Waals surface area contributed by atoms with Gasteiger partial charge in [-0.15, -0.1) is 0 Å². The van der Waals surface area contributed by atoms with Crippen molar-refractivity contribution in [1.82, 2.24) is 9.62 Å². The lowest BCUT2D eigenvalue weighted by atomic mass is 9.82. The van der Waals surface area contributed by atoms with Crippen molar-refractivity contribution >= 4 is 45.2 Å². The number of carbonyl (C=O) groups is 3. The maximum atomic E-state index is 13.8. The molecule has 0 bridgehead atoms. The van der Waals surface area contributed by atoms with Gasteiger partial charge in [-0.05, 0) is 60.3 Å². The number of ether oxygens (including phenoxy) is 2. The highest BCUT2D eigenvalue weighted by Gasteiger charge is 2.36. The predicted molar refractivity (Wildman–Crippen MR) is 163 cm³/mol. The number of anilines is 1. The first-order chi connectivity index (χ1) is 20.3. The van der Waals surface area contributed by atoms with Gasteiger partial charge >= 0.3 is 11.9 Å². The van der Waals surface area contributed by atoms with Crippen LogP contribution in [0.2, 0.25) is 5.02 Å². The summed E-state index contributed by atoms with van der Waals surface area (Å²) >= 11 is 6.36. The topological polar surface area (TPSA) is 131 Å². The Morgan fingerprint density at radius 3 is 2.49 bits per heavy atom. The Balaban J connectivity index is 1.51. The second-order valence-electron chi connectivity index (χ2n) is 12.1. The van der Waals surface area contributed by atoms with Crippen LogP contribution in [0.5, 0.6) is 0 Å². The fourth-order valence-electron chi connectivity index (χ4n) is 5.52. The molecule has 10 nitrogen and oxygen atoms in total. The number of hydrogen-bond donors (Lipinski definition) is 2. The summed E-state index contributed by atoms with van der Waals surface area (Å²) in [7, 11) is -4.29. The fourth-order valence-corrected chi connectivity index (χ4v) is 7.26. The van der Waals surface area contributed by atoms with E-state index in [4.69, 9.17) is 21.1 Å². The Bertz CT molecular complexity index is 1420. The van der Waals surface area contributed by atoms with Crippen LogP contribution in [-0.4, -0.2) is 63.4 Å². The van der Waals surface area contributed by atoms with E-state index in [1.165, 1.54) is 13.0 Å². The van der Waals surface area contributed by atoms with E-state index in [-0.39, 0.29) is 33.8 Å². The molecule has 0 spiro atoms. The van der Waals surface area contributed by atoms with E-state index in [0.29, 0.717) is 57.6 Å². The van der Waals surface area contributed by atoms with Crippen molar-refractivity contribution in [2.45, 2.75) is 70.4 Å². The van der Waals surface area contributed by atoms with Gasteiger partial charge < -0.3 is 19.7 Å². The van der Waals surface area contributed by atoms with Gasteiger partial charge in [0.1, 0.15) is 17.5 Å². The number of hydrogen-bond acceptors (Lipinski definition) is 8. The van der Waals surface area contributed by atoms with Gasteiger partial charge in [0.2, 0.25) is 15.9 Å². The molecule has 12 heteroatoms. The van der Waals surface area contributed by atoms with Crippen molar-refractivity contribution in [2.75, 3.05) is 31.6 Å². The third-order valence-electron chi connectivity index (χ3n) is 7.82. The molecule has 0 radical (unpaired) electrons. The Hall–Kier alpha value is -3.15. The largest absolute Gasteiger partial charge is 0.466 e. The number of amides is 1. The van der Waals surface area contributed by atoms with Crippen LogP contribution in [0.4, 0.5) is 5.69 Å². The van der Waals surface area contributed by atoms with Gasteiger partial charge in [0.25, 0.3) is 0 Å². The highest BCUT2D eigenvalue weighted by atomic mass is 35.5. The average Bonchev–Trinajstić information content (AvgIpc) is 2.95. The number of piperidine rings is 1. The summed E-state index contributed by atoms with van der Waals surface area (Å²) in [5.74, 6) is -1.26. The van der Waals surface area contributed by atoms with Crippen molar-refractivity contribution in [2.24, 2.45) is 11.3 Å². The fraction of sp³-hybridized carbons (Fsp3) is 0.516. The molecule has 2 aromatic carbocycles. The van der Waals surface area contributed by atoms with Crippen molar-refractivity contribution in [3.05, 3.63) is 58.6 Å². The van der Waals surface area contributed by atoms with Crippen molar-refractivity contribution in [3.8, 4) is 0 Å². The number of benzene rings is 2. The summed E-state index contributed by atoms with van der Waals surface area (Å²) in [6.45, 7) is 7.18. The Morgan fingerprint density at radius 1 is 1.12 bits per heavy atom. The highest BCUT2D eigenvalue weighted by Crippen LogP contribution is 2.38. The highest BCUT2D eigenvalue weighted by molar-refractivity contribution is 7.89. The number of carbonyl (C=O) groups excluding carboxylic acids is 3. The molecule has 2 aromatic rings. The second kappa shape index (κ2) is 14.1. The molecule has 0 aromatic heterocycles. The smallest absolute Gasteiger partial charge is 0.308 e. The molecular weight excluding hydrogens is 594 g/mol. The molecule has 2 aliphatic heterocycles. The van der Waals surface area contributed by atoms with Gasteiger partial charge in [-0.25, -0.2) is 8.42 Å². The van der Waals surface area contributed by atoms with Gasteiger partial charge in [-0.2, -0.15) is 4.72 Å². The van der Waals surface area contributed by atoms with Gasteiger partial charge in [-0.3, -0.25) is 14.4 Å². The van der Waals surface area contributed by atoms with Crippen LogP contribution in [0.15, 0.2) is 47.4 Å². The Labute approximate surface area is 258 Å². The SMILES string of the molecule is CC(=O)OCCC1CCN(C(=O)C(CC(=O)OCc2ccccc2)NS(=O)(=O)c2cc(Cl)cc3c2NCC(C)(C)C3)CC1. The van der Waals surface area contributed by atoms with E-state index < -0.39 is 34.4 Å². The first kappa shape index (κ1) is 32.8. The van der Waals surface area contributed by atoms with Gasteiger partial charge in [0.05, 0.1) is 18.7 Å². The maximum absolute atomic E-state index is 13.8. The van der Waals surface area contributed by atoms with E-state index in [1.807, 2.05) is 18.2 Å². The first-order valence-electron chi connectivity index (χ1n) is 14.5. The summed E-state index contributed by atoms with van der Waals surface area (Å²) in [6, 6.07) is 10.8. The van der Waals surface area contributed by atoms with Gasteiger partial charge in [-0.1, -0.05) is 55.8 Å². The van der Waals surface area contributed by atoms with Crippen molar-refractivity contribution in [1.29, 1.82) is 0 Å². The molecule has 0 saturated carbocycles. The predicted octanol–water partition coefficient (Wildman–Crippen LogP) is 4.31.